The first-order valence-corrected chi connectivity index (χ1v) is 8.65. The molecule has 1 aromatic rings. The van der Waals surface area contributed by atoms with Gasteiger partial charge in [-0.15, -0.1) is 0 Å². The Kier molecular flexibility index (Phi) is 4.88. The molecule has 6 heteroatoms. The Hall–Kier alpha value is -2.63. The number of carbonyl (C=O) groups is 3. The zero-order chi connectivity index (χ0) is 18.0. The van der Waals surface area contributed by atoms with E-state index >= 15 is 0 Å². The van der Waals surface area contributed by atoms with Gasteiger partial charge in [-0.25, -0.2) is 5.01 Å². The van der Waals surface area contributed by atoms with Gasteiger partial charge in [-0.05, 0) is 37.0 Å². The number of rotatable bonds is 4. The van der Waals surface area contributed by atoms with Crippen molar-refractivity contribution in [3.63, 3.8) is 0 Å². The van der Waals surface area contributed by atoms with Crippen LogP contribution >= 0.6 is 0 Å². The van der Waals surface area contributed by atoms with Crippen LogP contribution in [0.3, 0.4) is 0 Å². The van der Waals surface area contributed by atoms with E-state index in [1.165, 1.54) is 5.01 Å². The van der Waals surface area contributed by atoms with Crippen LogP contribution < -0.4 is 15.8 Å². The fourth-order valence-electron chi connectivity index (χ4n) is 3.17. The molecule has 2 N–H and O–H groups in total. The van der Waals surface area contributed by atoms with E-state index in [4.69, 9.17) is 0 Å². The van der Waals surface area contributed by atoms with Gasteiger partial charge < -0.3 is 5.32 Å². The van der Waals surface area contributed by atoms with E-state index in [2.05, 4.69) is 10.7 Å². The summed E-state index contributed by atoms with van der Waals surface area (Å²) in [5.74, 6) is -0.753. The average Bonchev–Trinajstić information content (AvgIpc) is 2.63. The molecular weight excluding hydrogens is 318 g/mol. The minimum absolute atomic E-state index is 0.131. The number of carbonyl (C=O) groups excluding carboxylic acids is 3. The average molecular weight is 341 g/mol. The normalized spacial score (nSPS) is 22.6. The van der Waals surface area contributed by atoms with Crippen molar-refractivity contribution in [1.29, 1.82) is 0 Å². The lowest BCUT2D eigenvalue weighted by Gasteiger charge is -2.38. The van der Waals surface area contributed by atoms with Gasteiger partial charge in [0.25, 0.3) is 5.91 Å². The molecule has 3 rings (SSSR count). The van der Waals surface area contributed by atoms with E-state index in [1.807, 2.05) is 26.0 Å². The summed E-state index contributed by atoms with van der Waals surface area (Å²) < 4.78 is 0. The van der Waals surface area contributed by atoms with Gasteiger partial charge in [0.15, 0.2) is 0 Å². The highest BCUT2D eigenvalue weighted by Crippen LogP contribution is 2.32. The van der Waals surface area contributed by atoms with Crippen LogP contribution in [-0.4, -0.2) is 24.3 Å². The van der Waals surface area contributed by atoms with E-state index in [1.54, 1.807) is 24.3 Å². The Labute approximate surface area is 147 Å². The highest BCUT2D eigenvalue weighted by Gasteiger charge is 2.42. The second kappa shape index (κ2) is 7.09. The van der Waals surface area contributed by atoms with Gasteiger partial charge in [-0.3, -0.25) is 19.8 Å². The highest BCUT2D eigenvalue weighted by atomic mass is 16.2. The number of nitrogens with zero attached hydrogens (tertiary/aromatic N) is 1. The first-order valence-electron chi connectivity index (χ1n) is 8.65. The summed E-state index contributed by atoms with van der Waals surface area (Å²) in [4.78, 5) is 37.4. The zero-order valence-corrected chi connectivity index (χ0v) is 14.5. The first-order chi connectivity index (χ1) is 12.0. The molecule has 1 fully saturated rings. The summed E-state index contributed by atoms with van der Waals surface area (Å²) in [7, 11) is 0. The Morgan fingerprint density at radius 1 is 1.24 bits per heavy atom. The molecule has 1 aromatic carbocycles. The molecule has 0 unspecified atom stereocenters. The van der Waals surface area contributed by atoms with Gasteiger partial charge in [-0.2, -0.15) is 0 Å². The summed E-state index contributed by atoms with van der Waals surface area (Å²) in [5, 5.41) is 4.13. The first kappa shape index (κ1) is 17.2. The molecule has 2 aliphatic rings. The number of hydrogen-bond acceptors (Lipinski definition) is 3. The molecule has 1 saturated heterocycles. The molecule has 3 amide bonds. The fraction of sp³-hybridized carbons (Fsp3) is 0.421. The Balaban J connectivity index is 1.81. The van der Waals surface area contributed by atoms with Gasteiger partial charge in [0.2, 0.25) is 11.8 Å². The minimum atomic E-state index is -0.336. The smallest absolute Gasteiger partial charge is 0.251 e. The maximum absolute atomic E-state index is 12.8. The number of hydrazine groups is 1. The van der Waals surface area contributed by atoms with Gasteiger partial charge >= 0.3 is 0 Å². The maximum Gasteiger partial charge on any atom is 0.251 e. The zero-order valence-electron chi connectivity index (χ0n) is 14.5. The highest BCUT2D eigenvalue weighted by molar-refractivity contribution is 6.05. The Morgan fingerprint density at radius 3 is 2.68 bits per heavy atom. The lowest BCUT2D eigenvalue weighted by Crippen LogP contribution is -2.59. The van der Waals surface area contributed by atoms with E-state index < -0.39 is 0 Å². The predicted molar refractivity (Wildman–Crippen MR) is 94.6 cm³/mol. The molecule has 6 nitrogen and oxygen atoms in total. The van der Waals surface area contributed by atoms with Crippen LogP contribution in [-0.2, 0) is 9.59 Å². The maximum atomic E-state index is 12.8. The van der Waals surface area contributed by atoms with Crippen LogP contribution in [0.2, 0.25) is 0 Å². The number of nitrogens with one attached hydrogen (secondary N) is 2. The summed E-state index contributed by atoms with van der Waals surface area (Å²) in [6.07, 6.45) is 5.06. The molecule has 0 aromatic heterocycles. The van der Waals surface area contributed by atoms with Crippen molar-refractivity contribution in [3.8, 4) is 0 Å². The van der Waals surface area contributed by atoms with Gasteiger partial charge in [-0.1, -0.05) is 32.1 Å². The SMILES string of the molecule is CC(C)CNC(=O)c1cccc(N2NC(=O)[C@@H]3CC=CC[C@H]3C2=O)c1. The van der Waals surface area contributed by atoms with Crippen molar-refractivity contribution < 1.29 is 14.4 Å². The molecule has 0 radical (unpaired) electrons. The topological polar surface area (TPSA) is 78.5 Å². The van der Waals surface area contributed by atoms with Crippen LogP contribution in [0.15, 0.2) is 36.4 Å². The number of hydrogen-bond donors (Lipinski definition) is 2. The predicted octanol–water partition coefficient (Wildman–Crippen LogP) is 2.03. The van der Waals surface area contributed by atoms with Crippen LogP contribution in [0.5, 0.6) is 0 Å². The van der Waals surface area contributed by atoms with Gasteiger partial charge in [0.1, 0.15) is 0 Å². The monoisotopic (exact) mass is 341 g/mol. The van der Waals surface area contributed by atoms with Gasteiger partial charge in [0.05, 0.1) is 17.5 Å². The molecule has 2 atom stereocenters. The molecule has 25 heavy (non-hydrogen) atoms. The largest absolute Gasteiger partial charge is 0.352 e. The van der Waals surface area contributed by atoms with Crippen molar-refractivity contribution >= 4 is 23.4 Å². The van der Waals surface area contributed by atoms with Gasteiger partial charge in [0, 0.05) is 12.1 Å². The molecule has 0 bridgehead atoms. The van der Waals surface area contributed by atoms with Crippen LogP contribution in [0.1, 0.15) is 37.0 Å². The quantitative estimate of drug-likeness (QED) is 0.823. The summed E-state index contributed by atoms with van der Waals surface area (Å²) in [6.45, 7) is 4.62. The van der Waals surface area contributed by atoms with E-state index in [0.29, 0.717) is 36.6 Å². The van der Waals surface area contributed by atoms with Crippen molar-refractivity contribution in [2.24, 2.45) is 17.8 Å². The fourth-order valence-corrected chi connectivity index (χ4v) is 3.17. The van der Waals surface area contributed by atoms with Crippen LogP contribution in [0.4, 0.5) is 5.69 Å². The molecule has 1 aliphatic carbocycles. The number of amides is 3. The van der Waals surface area contributed by atoms with Crippen molar-refractivity contribution in [2.75, 3.05) is 11.6 Å². The molecule has 132 valence electrons. The summed E-state index contributed by atoms with van der Waals surface area (Å²) in [6, 6.07) is 6.76. The molecule has 0 saturated carbocycles. The van der Waals surface area contributed by atoms with Crippen LogP contribution in [0, 0.1) is 17.8 Å². The third-order valence-corrected chi connectivity index (χ3v) is 4.57. The third-order valence-electron chi connectivity index (χ3n) is 4.57. The third kappa shape index (κ3) is 3.57. The van der Waals surface area contributed by atoms with E-state index in [0.717, 1.165) is 0 Å². The number of fused-ring (bicyclic) bond motifs is 1. The lowest BCUT2D eigenvalue weighted by atomic mass is 9.80. The van der Waals surface area contributed by atoms with E-state index in [-0.39, 0.29) is 29.6 Å². The van der Waals surface area contributed by atoms with Crippen molar-refractivity contribution in [2.45, 2.75) is 26.7 Å². The Bertz CT molecular complexity index is 726. The number of allylic oxidation sites excluding steroid dienone is 2. The molecule has 0 spiro atoms. The number of anilines is 1. The molecule has 1 heterocycles. The summed E-state index contributed by atoms with van der Waals surface area (Å²) in [5.41, 5.74) is 3.64. The minimum Gasteiger partial charge on any atom is -0.352 e. The van der Waals surface area contributed by atoms with Crippen molar-refractivity contribution in [1.82, 2.24) is 10.7 Å². The Morgan fingerprint density at radius 2 is 1.96 bits per heavy atom. The van der Waals surface area contributed by atoms with Crippen LogP contribution in [0.25, 0.3) is 0 Å². The number of benzene rings is 1. The second-order valence-electron chi connectivity index (χ2n) is 6.96. The van der Waals surface area contributed by atoms with E-state index in [9.17, 15) is 14.4 Å². The second-order valence-corrected chi connectivity index (χ2v) is 6.96. The summed E-state index contributed by atoms with van der Waals surface area (Å²) >= 11 is 0. The molecule has 1 aliphatic heterocycles. The standard InChI is InChI=1S/C19H23N3O3/c1-12(2)11-20-17(23)13-6-5-7-14(10-13)22-19(25)16-9-4-3-8-15(16)18(24)21-22/h3-7,10,12,15-16H,8-9,11H2,1-2H3,(H,20,23)(H,21,24)/t15-,16-/m1/s1. The lowest BCUT2D eigenvalue weighted by molar-refractivity contribution is -0.139. The molecular formula is C19H23N3O3. The van der Waals surface area contributed by atoms with Crippen molar-refractivity contribution in [3.05, 3.63) is 42.0 Å².